The van der Waals surface area contributed by atoms with Crippen LogP contribution >= 0.6 is 0 Å². The molecule has 0 atom stereocenters. The summed E-state index contributed by atoms with van der Waals surface area (Å²) in [6.07, 6.45) is 8.91. The Hall–Kier alpha value is -0.231. The summed E-state index contributed by atoms with van der Waals surface area (Å²) in [5, 5.41) is 0. The van der Waals surface area contributed by atoms with Crippen molar-refractivity contribution >= 4 is 37.7 Å². The van der Waals surface area contributed by atoms with Gasteiger partial charge in [-0.25, -0.2) is 0 Å². The second-order valence-corrected chi connectivity index (χ2v) is 22.8. The molecule has 1 aromatic carbocycles. The number of hydrogen-bond acceptors (Lipinski definition) is 2. The maximum atomic E-state index is 11.8. The molecule has 0 aliphatic heterocycles. The van der Waals surface area contributed by atoms with E-state index in [1.807, 2.05) is 6.07 Å². The van der Waals surface area contributed by atoms with Gasteiger partial charge in [0.15, 0.2) is 0 Å². The van der Waals surface area contributed by atoms with Crippen molar-refractivity contribution in [2.75, 3.05) is 11.0 Å². The van der Waals surface area contributed by atoms with Crippen molar-refractivity contribution in [1.29, 1.82) is 0 Å². The third-order valence-electron chi connectivity index (χ3n) is 5.57. The predicted octanol–water partition coefficient (Wildman–Crippen LogP) is 5.73. The van der Waals surface area contributed by atoms with E-state index in [1.165, 1.54) is 69.2 Å². The van der Waals surface area contributed by atoms with E-state index >= 15 is 0 Å². The Morgan fingerprint density at radius 3 is 1.73 bits per heavy atom. The summed E-state index contributed by atoms with van der Waals surface area (Å²) in [4.78, 5) is 0. The molecule has 0 heterocycles. The minimum atomic E-state index is -3.25. The number of benzene rings is 1. The van der Waals surface area contributed by atoms with Crippen LogP contribution in [0.15, 0.2) is 12.1 Å². The van der Waals surface area contributed by atoms with Gasteiger partial charge in [-0.15, -0.1) is 0 Å². The van der Waals surface area contributed by atoms with Gasteiger partial charge >= 0.3 is 167 Å². The second-order valence-electron chi connectivity index (χ2n) is 7.93. The summed E-state index contributed by atoms with van der Waals surface area (Å²) >= 11 is -2.58. The molecule has 0 radical (unpaired) electrons. The minimum absolute atomic E-state index is 0.760. The van der Waals surface area contributed by atoms with Crippen molar-refractivity contribution in [2.45, 2.75) is 86.5 Å². The molecule has 26 heavy (non-hydrogen) atoms. The van der Waals surface area contributed by atoms with E-state index in [1.54, 1.807) is 3.58 Å². The molecule has 0 amide bonds. The van der Waals surface area contributed by atoms with E-state index in [0.29, 0.717) is 0 Å². The van der Waals surface area contributed by atoms with Crippen LogP contribution in [-0.4, -0.2) is 33.1 Å². The molecule has 0 aromatic heterocycles. The van der Waals surface area contributed by atoms with Crippen LogP contribution in [-0.2, 0) is 10.0 Å². The second kappa shape index (κ2) is 10.9. The molecular weight excluding hydrogens is 449 g/mol. The Balaban J connectivity index is 3.48. The number of unbranched alkanes of at least 4 members (excludes halogenated alkanes) is 3. The van der Waals surface area contributed by atoms with Crippen LogP contribution in [0.3, 0.4) is 0 Å². The van der Waals surface area contributed by atoms with Gasteiger partial charge in [0.25, 0.3) is 0 Å². The van der Waals surface area contributed by atoms with Crippen LogP contribution in [0.5, 0.6) is 0 Å². The average Bonchev–Trinajstić information content (AvgIpc) is 2.56. The van der Waals surface area contributed by atoms with Crippen LogP contribution in [0, 0.1) is 13.8 Å². The number of hydrogen-bond donors (Lipinski definition) is 1. The van der Waals surface area contributed by atoms with Gasteiger partial charge in [0.2, 0.25) is 0 Å². The molecule has 0 unspecified atom stereocenters. The fraction of sp³-hybridized carbons (Fsp3) is 0.714. The molecule has 0 fully saturated rings. The van der Waals surface area contributed by atoms with Crippen LogP contribution in [0.1, 0.15) is 70.4 Å². The Morgan fingerprint density at radius 1 is 0.885 bits per heavy atom. The third-order valence-corrected chi connectivity index (χ3v) is 22.1. The van der Waals surface area contributed by atoms with Crippen molar-refractivity contribution in [1.82, 2.24) is 0 Å². The first-order chi connectivity index (χ1) is 12.2. The van der Waals surface area contributed by atoms with Gasteiger partial charge in [-0.1, -0.05) is 0 Å². The summed E-state index contributed by atoms with van der Waals surface area (Å²) in [5.74, 6) is 0. The summed E-state index contributed by atoms with van der Waals surface area (Å²) < 4.78 is 32.1. The first kappa shape index (κ1) is 23.8. The number of sulfonamides is 1. The molecule has 1 rings (SSSR count). The van der Waals surface area contributed by atoms with Crippen molar-refractivity contribution in [2.24, 2.45) is 0 Å². The number of anilines is 1. The fourth-order valence-corrected chi connectivity index (χ4v) is 22.0. The Morgan fingerprint density at radius 2 is 1.35 bits per heavy atom. The van der Waals surface area contributed by atoms with Gasteiger partial charge < -0.3 is 0 Å². The summed E-state index contributed by atoms with van der Waals surface area (Å²) in [6.45, 7) is 11.2. The van der Waals surface area contributed by atoms with Crippen LogP contribution in [0.25, 0.3) is 0 Å². The first-order valence-electron chi connectivity index (χ1n) is 10.3. The molecule has 0 saturated heterocycles. The molecular formula is C21H39NO2SSn. The third kappa shape index (κ3) is 7.06. The molecule has 0 aliphatic carbocycles. The first-order valence-corrected chi connectivity index (χ1v) is 19.7. The van der Waals surface area contributed by atoms with Gasteiger partial charge in [0.1, 0.15) is 0 Å². The van der Waals surface area contributed by atoms with E-state index in [-0.39, 0.29) is 0 Å². The van der Waals surface area contributed by atoms with Gasteiger partial charge in [0, 0.05) is 0 Å². The van der Waals surface area contributed by atoms with Crippen molar-refractivity contribution < 1.29 is 8.42 Å². The quantitative estimate of drug-likeness (QED) is 0.382. The van der Waals surface area contributed by atoms with Gasteiger partial charge in [-0.3, -0.25) is 0 Å². The topological polar surface area (TPSA) is 46.2 Å². The fourth-order valence-electron chi connectivity index (χ4n) is 4.01. The summed E-state index contributed by atoms with van der Waals surface area (Å²) in [5.41, 5.74) is 3.40. The van der Waals surface area contributed by atoms with Crippen molar-refractivity contribution in [3.05, 3.63) is 23.3 Å². The Kier molecular flexibility index (Phi) is 10.0. The van der Waals surface area contributed by atoms with Crippen LogP contribution < -0.4 is 8.30 Å². The SMILES string of the molecule is CCC[CH2][Sn]([CH2]CCC)([CH2]CCC)[c]1cc(NS(C)(=O)=O)cc(C)c1C. The average molecular weight is 488 g/mol. The Bertz CT molecular complexity index is 649. The molecule has 3 nitrogen and oxygen atoms in total. The normalized spacial score (nSPS) is 12.4. The monoisotopic (exact) mass is 489 g/mol. The number of nitrogens with one attached hydrogen (secondary N) is 1. The zero-order valence-electron chi connectivity index (χ0n) is 17.7. The molecule has 5 heteroatoms. The van der Waals surface area contributed by atoms with Crippen LogP contribution in [0.2, 0.25) is 13.3 Å². The molecule has 0 saturated carbocycles. The molecule has 0 bridgehead atoms. The van der Waals surface area contributed by atoms with Gasteiger partial charge in [-0.2, -0.15) is 0 Å². The zero-order chi connectivity index (χ0) is 19.8. The van der Waals surface area contributed by atoms with E-state index in [0.717, 1.165) is 5.69 Å². The van der Waals surface area contributed by atoms with Crippen molar-refractivity contribution in [3.8, 4) is 0 Å². The standard InChI is InChI=1S/C9H12NO2S.3C4H9.Sn/c1-7-4-5-9(6-8(7)2)10-13(3,11)12;3*1-3-4-2;/h5-6,10H,1-3H3;3*1,3-4H2,2H3;. The van der Waals surface area contributed by atoms with E-state index < -0.39 is 28.4 Å². The molecule has 1 N–H and O–H groups in total. The molecule has 150 valence electrons. The van der Waals surface area contributed by atoms with Crippen molar-refractivity contribution in [3.63, 3.8) is 0 Å². The molecule has 0 spiro atoms. The molecule has 0 aliphatic rings. The summed E-state index contributed by atoms with van der Waals surface area (Å²) in [6, 6.07) is 4.20. The van der Waals surface area contributed by atoms with Crippen LogP contribution in [0.4, 0.5) is 5.69 Å². The summed E-state index contributed by atoms with van der Waals surface area (Å²) in [7, 11) is -3.25. The van der Waals surface area contributed by atoms with E-state index in [4.69, 9.17) is 0 Å². The predicted molar refractivity (Wildman–Crippen MR) is 119 cm³/mol. The van der Waals surface area contributed by atoms with Gasteiger partial charge in [-0.05, 0) is 0 Å². The molecule has 1 aromatic rings. The van der Waals surface area contributed by atoms with E-state index in [2.05, 4.69) is 45.4 Å². The number of aryl methyl sites for hydroxylation is 1. The van der Waals surface area contributed by atoms with Gasteiger partial charge in [0.05, 0.1) is 0 Å². The maximum absolute atomic E-state index is 11.8. The Labute approximate surface area is 166 Å². The number of rotatable bonds is 12. The van der Waals surface area contributed by atoms with E-state index in [9.17, 15) is 8.42 Å². The zero-order valence-corrected chi connectivity index (χ0v) is 21.4.